The Labute approximate surface area is 129 Å². The van der Waals surface area contributed by atoms with Gasteiger partial charge in [0.05, 0.1) is 18.1 Å². The Morgan fingerprint density at radius 2 is 1.73 bits per heavy atom. The van der Waals surface area contributed by atoms with Crippen LogP contribution < -0.4 is 10.6 Å². The second kappa shape index (κ2) is 6.76. The molecule has 0 unspecified atom stereocenters. The number of hydrogen-bond donors (Lipinski definition) is 1. The summed E-state index contributed by atoms with van der Waals surface area (Å²) in [6, 6.07) is 6.05. The highest BCUT2D eigenvalue weighted by Gasteiger charge is 2.24. The van der Waals surface area contributed by atoms with Gasteiger partial charge in [-0.25, -0.2) is 4.98 Å². The highest BCUT2D eigenvalue weighted by atomic mass is 15.3. The van der Waals surface area contributed by atoms with Crippen molar-refractivity contribution in [1.29, 1.82) is 15.8 Å². The van der Waals surface area contributed by atoms with E-state index in [-0.39, 0.29) is 23.4 Å². The van der Waals surface area contributed by atoms with Gasteiger partial charge in [0, 0.05) is 31.7 Å². The lowest BCUT2D eigenvalue weighted by molar-refractivity contribution is 0.270. The molecule has 1 aromatic rings. The molecular formula is C15H17N7. The number of hydrogen-bond acceptors (Lipinski definition) is 7. The molecule has 1 aromatic heterocycles. The van der Waals surface area contributed by atoms with Crippen LogP contribution in [0, 0.1) is 34.0 Å². The van der Waals surface area contributed by atoms with Crippen LogP contribution in [-0.2, 0) is 6.42 Å². The second-order valence-electron chi connectivity index (χ2n) is 5.03. The third kappa shape index (κ3) is 2.79. The van der Waals surface area contributed by atoms with E-state index in [1.54, 1.807) is 0 Å². The highest BCUT2D eigenvalue weighted by molar-refractivity contribution is 5.69. The van der Waals surface area contributed by atoms with Crippen molar-refractivity contribution in [2.24, 2.45) is 0 Å². The average Bonchev–Trinajstić information content (AvgIpc) is 2.55. The van der Waals surface area contributed by atoms with Gasteiger partial charge in [-0.2, -0.15) is 15.8 Å². The van der Waals surface area contributed by atoms with Gasteiger partial charge in [0.2, 0.25) is 0 Å². The first-order valence-corrected chi connectivity index (χ1v) is 7.13. The first-order valence-electron chi connectivity index (χ1n) is 7.13. The smallest absolute Gasteiger partial charge is 0.149 e. The molecule has 1 fully saturated rings. The summed E-state index contributed by atoms with van der Waals surface area (Å²) in [4.78, 5) is 8.58. The molecule has 0 radical (unpaired) electrons. The Bertz CT molecular complexity index is 682. The zero-order valence-corrected chi connectivity index (χ0v) is 12.5. The molecule has 0 aromatic carbocycles. The van der Waals surface area contributed by atoms with E-state index >= 15 is 0 Å². The number of nitriles is 3. The Hall–Kier alpha value is -2.82. The van der Waals surface area contributed by atoms with Crippen molar-refractivity contribution in [3.8, 4) is 18.2 Å². The summed E-state index contributed by atoms with van der Waals surface area (Å²) in [5, 5.41) is 27.7. The van der Waals surface area contributed by atoms with Crippen LogP contribution in [0.15, 0.2) is 0 Å². The van der Waals surface area contributed by atoms with Crippen LogP contribution >= 0.6 is 0 Å². The largest absolute Gasteiger partial charge is 0.383 e. The van der Waals surface area contributed by atoms with E-state index in [2.05, 4.69) is 22.9 Å². The van der Waals surface area contributed by atoms with Gasteiger partial charge in [0.25, 0.3) is 0 Å². The number of anilines is 2. The summed E-state index contributed by atoms with van der Waals surface area (Å²) in [6.07, 6.45) is -0.0273. The summed E-state index contributed by atoms with van der Waals surface area (Å²) in [6.45, 7) is 6.35. The van der Waals surface area contributed by atoms with Crippen LogP contribution in [0.1, 0.15) is 23.6 Å². The van der Waals surface area contributed by atoms with Crippen molar-refractivity contribution in [3.05, 3.63) is 16.7 Å². The normalized spacial score (nSPS) is 14.9. The van der Waals surface area contributed by atoms with Crippen LogP contribution in [0.2, 0.25) is 0 Å². The molecule has 7 heteroatoms. The van der Waals surface area contributed by atoms with Crippen molar-refractivity contribution in [2.75, 3.05) is 43.4 Å². The maximum atomic E-state index is 9.48. The standard InChI is InChI=1S/C15H17N7/c1-2-21-5-7-22(8-6-21)15-13(10-18)11(3-4-16)12(9-17)14(19)20-15/h2-3,5-8H2,1H3,(H2,19,20). The Morgan fingerprint density at radius 1 is 1.09 bits per heavy atom. The van der Waals surface area contributed by atoms with Gasteiger partial charge in [-0.1, -0.05) is 6.92 Å². The van der Waals surface area contributed by atoms with Crippen molar-refractivity contribution in [2.45, 2.75) is 13.3 Å². The lowest BCUT2D eigenvalue weighted by atomic mass is 10.0. The minimum Gasteiger partial charge on any atom is -0.383 e. The minimum atomic E-state index is -0.0273. The molecule has 0 atom stereocenters. The molecule has 1 aliphatic rings. The third-order valence-electron chi connectivity index (χ3n) is 3.91. The monoisotopic (exact) mass is 295 g/mol. The quantitative estimate of drug-likeness (QED) is 0.868. The summed E-state index contributed by atoms with van der Waals surface area (Å²) >= 11 is 0. The van der Waals surface area contributed by atoms with Gasteiger partial charge in [-0.05, 0) is 6.54 Å². The van der Waals surface area contributed by atoms with E-state index in [9.17, 15) is 10.5 Å². The fourth-order valence-corrected chi connectivity index (χ4v) is 2.64. The Kier molecular flexibility index (Phi) is 4.78. The van der Waals surface area contributed by atoms with E-state index in [1.165, 1.54) is 0 Å². The zero-order chi connectivity index (χ0) is 16.1. The minimum absolute atomic E-state index is 0.0273. The summed E-state index contributed by atoms with van der Waals surface area (Å²) < 4.78 is 0. The van der Waals surface area contributed by atoms with Crippen LogP contribution in [-0.4, -0.2) is 42.6 Å². The number of nitrogens with zero attached hydrogens (tertiary/aromatic N) is 6. The number of aromatic nitrogens is 1. The number of rotatable bonds is 3. The number of nitrogen functional groups attached to an aromatic ring is 1. The average molecular weight is 295 g/mol. The summed E-state index contributed by atoms with van der Waals surface area (Å²) in [5.41, 5.74) is 6.66. The van der Waals surface area contributed by atoms with Gasteiger partial charge in [-0.3, -0.25) is 0 Å². The summed E-state index contributed by atoms with van der Waals surface area (Å²) in [5.74, 6) is 0.569. The lowest BCUT2D eigenvalue weighted by Crippen LogP contribution is -2.46. The molecule has 0 saturated carbocycles. The first-order chi connectivity index (χ1) is 10.7. The van der Waals surface area contributed by atoms with Gasteiger partial charge >= 0.3 is 0 Å². The molecule has 0 spiro atoms. The number of nitrogens with two attached hydrogens (primary N) is 1. The molecule has 0 amide bonds. The van der Waals surface area contributed by atoms with Crippen molar-refractivity contribution in [3.63, 3.8) is 0 Å². The van der Waals surface area contributed by atoms with E-state index in [0.29, 0.717) is 11.4 Å². The van der Waals surface area contributed by atoms with Gasteiger partial charge in [0.15, 0.2) is 0 Å². The van der Waals surface area contributed by atoms with E-state index < -0.39 is 0 Å². The van der Waals surface area contributed by atoms with Gasteiger partial charge in [0.1, 0.15) is 29.3 Å². The predicted octanol–water partition coefficient (Wildman–Crippen LogP) is 0.615. The fourth-order valence-electron chi connectivity index (χ4n) is 2.64. The Balaban J connectivity index is 2.47. The zero-order valence-electron chi connectivity index (χ0n) is 12.5. The van der Waals surface area contributed by atoms with Crippen LogP contribution in [0.25, 0.3) is 0 Å². The Morgan fingerprint density at radius 3 is 2.23 bits per heavy atom. The molecule has 2 rings (SSSR count). The third-order valence-corrected chi connectivity index (χ3v) is 3.91. The molecular weight excluding hydrogens is 278 g/mol. The molecule has 0 bridgehead atoms. The van der Waals surface area contributed by atoms with Crippen molar-refractivity contribution in [1.82, 2.24) is 9.88 Å². The second-order valence-corrected chi connectivity index (χ2v) is 5.03. The topological polar surface area (TPSA) is 117 Å². The predicted molar refractivity (Wildman–Crippen MR) is 81.7 cm³/mol. The maximum Gasteiger partial charge on any atom is 0.149 e. The molecule has 112 valence electrons. The van der Waals surface area contributed by atoms with Crippen molar-refractivity contribution < 1.29 is 0 Å². The SMILES string of the molecule is CCN1CCN(c2nc(N)c(C#N)c(CC#N)c2C#N)CC1. The molecule has 0 aliphatic carbocycles. The number of likely N-dealkylation sites (N-methyl/N-ethyl adjacent to an activating group) is 1. The van der Waals surface area contributed by atoms with E-state index in [0.717, 1.165) is 32.7 Å². The number of pyridine rings is 1. The highest BCUT2D eigenvalue weighted by Crippen LogP contribution is 2.28. The van der Waals surface area contributed by atoms with Crippen molar-refractivity contribution >= 4 is 11.6 Å². The maximum absolute atomic E-state index is 9.48. The molecule has 22 heavy (non-hydrogen) atoms. The molecule has 1 saturated heterocycles. The lowest BCUT2D eigenvalue weighted by Gasteiger charge is -2.35. The van der Waals surface area contributed by atoms with E-state index in [4.69, 9.17) is 11.0 Å². The van der Waals surface area contributed by atoms with Crippen LogP contribution in [0.4, 0.5) is 11.6 Å². The summed E-state index contributed by atoms with van der Waals surface area (Å²) in [7, 11) is 0. The number of piperazine rings is 1. The van der Waals surface area contributed by atoms with E-state index in [1.807, 2.05) is 17.0 Å². The van der Waals surface area contributed by atoms with Gasteiger partial charge < -0.3 is 15.5 Å². The first kappa shape index (κ1) is 15.6. The van der Waals surface area contributed by atoms with Crippen LogP contribution in [0.5, 0.6) is 0 Å². The molecule has 2 N–H and O–H groups in total. The fraction of sp³-hybridized carbons (Fsp3) is 0.467. The van der Waals surface area contributed by atoms with Crippen LogP contribution in [0.3, 0.4) is 0 Å². The molecule has 2 heterocycles. The molecule has 1 aliphatic heterocycles. The van der Waals surface area contributed by atoms with Gasteiger partial charge in [-0.15, -0.1) is 0 Å². The molecule has 7 nitrogen and oxygen atoms in total.